The number of benzene rings is 1. The van der Waals surface area contributed by atoms with Crippen molar-refractivity contribution in [1.29, 1.82) is 0 Å². The van der Waals surface area contributed by atoms with Crippen LogP contribution in [-0.4, -0.2) is 55.6 Å². The second-order valence-electron chi connectivity index (χ2n) is 6.76. The van der Waals surface area contributed by atoms with Gasteiger partial charge in [0.15, 0.2) is 0 Å². The van der Waals surface area contributed by atoms with Gasteiger partial charge < -0.3 is 15.2 Å². The SMILES string of the molecule is Cc1ccc2[nH]c(C(=O)NC3CN(C(=O)c4nc(C)nn4C)C3)cc2c1. The molecule has 3 aromatic rings. The molecule has 0 aliphatic carbocycles. The van der Waals surface area contributed by atoms with Crippen molar-refractivity contribution in [3.63, 3.8) is 0 Å². The van der Waals surface area contributed by atoms with Crippen LogP contribution in [0.5, 0.6) is 0 Å². The first-order valence-corrected chi connectivity index (χ1v) is 8.48. The van der Waals surface area contributed by atoms with Crippen molar-refractivity contribution in [1.82, 2.24) is 30.0 Å². The largest absolute Gasteiger partial charge is 0.351 e. The molecule has 2 amide bonds. The van der Waals surface area contributed by atoms with Gasteiger partial charge in [-0.1, -0.05) is 11.6 Å². The standard InChI is InChI=1S/C18H20N6O2/c1-10-4-5-14-12(6-10)7-15(21-14)17(25)20-13-8-24(9-13)18(26)16-19-11(2)22-23(16)3/h4-7,13,21H,8-9H2,1-3H3,(H,20,25). The van der Waals surface area contributed by atoms with E-state index in [0.717, 1.165) is 16.5 Å². The van der Waals surface area contributed by atoms with E-state index in [1.54, 1.807) is 18.9 Å². The van der Waals surface area contributed by atoms with Crippen LogP contribution in [0.25, 0.3) is 10.9 Å². The van der Waals surface area contributed by atoms with Gasteiger partial charge in [-0.3, -0.25) is 9.59 Å². The number of carbonyl (C=O) groups excluding carboxylic acids is 2. The molecule has 2 aromatic heterocycles. The van der Waals surface area contributed by atoms with E-state index in [4.69, 9.17) is 0 Å². The summed E-state index contributed by atoms with van der Waals surface area (Å²) in [4.78, 5) is 33.8. The number of rotatable bonds is 3. The Morgan fingerprint density at radius 3 is 2.69 bits per heavy atom. The van der Waals surface area contributed by atoms with Gasteiger partial charge in [-0.25, -0.2) is 9.67 Å². The van der Waals surface area contributed by atoms with Gasteiger partial charge in [0.1, 0.15) is 11.5 Å². The van der Waals surface area contributed by atoms with Gasteiger partial charge >= 0.3 is 0 Å². The molecular weight excluding hydrogens is 332 g/mol. The molecule has 3 heterocycles. The van der Waals surface area contributed by atoms with Crippen LogP contribution in [0, 0.1) is 13.8 Å². The Kier molecular flexibility index (Phi) is 3.75. The van der Waals surface area contributed by atoms with Crippen LogP contribution < -0.4 is 5.32 Å². The molecule has 1 fully saturated rings. The molecule has 0 spiro atoms. The Morgan fingerprint density at radius 2 is 2.00 bits per heavy atom. The Labute approximate surface area is 150 Å². The number of H-pyrrole nitrogens is 1. The summed E-state index contributed by atoms with van der Waals surface area (Å²) >= 11 is 0. The van der Waals surface area contributed by atoms with Crippen molar-refractivity contribution < 1.29 is 9.59 Å². The highest BCUT2D eigenvalue weighted by molar-refractivity contribution is 5.98. The van der Waals surface area contributed by atoms with Crippen LogP contribution in [0.3, 0.4) is 0 Å². The molecule has 1 saturated heterocycles. The number of hydrogen-bond donors (Lipinski definition) is 2. The fourth-order valence-corrected chi connectivity index (χ4v) is 3.21. The Morgan fingerprint density at radius 1 is 1.23 bits per heavy atom. The molecule has 0 saturated carbocycles. The van der Waals surface area contributed by atoms with E-state index < -0.39 is 0 Å². The number of nitrogens with zero attached hydrogens (tertiary/aromatic N) is 4. The zero-order valence-corrected chi connectivity index (χ0v) is 14.9. The van der Waals surface area contributed by atoms with Crippen molar-refractivity contribution in [2.24, 2.45) is 7.05 Å². The Balaban J connectivity index is 1.38. The second-order valence-corrected chi connectivity index (χ2v) is 6.76. The molecule has 8 heteroatoms. The molecule has 1 aliphatic heterocycles. The lowest BCUT2D eigenvalue weighted by molar-refractivity contribution is 0.0526. The maximum Gasteiger partial charge on any atom is 0.291 e. The van der Waals surface area contributed by atoms with E-state index in [9.17, 15) is 9.59 Å². The first kappa shape index (κ1) is 16.3. The maximum absolute atomic E-state index is 12.4. The van der Waals surface area contributed by atoms with Gasteiger partial charge in [0.05, 0.1) is 6.04 Å². The lowest BCUT2D eigenvalue weighted by Gasteiger charge is -2.39. The summed E-state index contributed by atoms with van der Waals surface area (Å²) in [7, 11) is 1.70. The first-order chi connectivity index (χ1) is 12.4. The van der Waals surface area contributed by atoms with Crippen molar-refractivity contribution in [3.8, 4) is 0 Å². The number of hydrogen-bond acceptors (Lipinski definition) is 4. The average Bonchev–Trinajstić information content (AvgIpc) is 3.12. The van der Waals surface area contributed by atoms with Gasteiger partial charge in [-0.05, 0) is 32.0 Å². The lowest BCUT2D eigenvalue weighted by Crippen LogP contribution is -2.61. The Bertz CT molecular complexity index is 1010. The molecule has 8 nitrogen and oxygen atoms in total. The molecule has 1 aliphatic rings. The molecule has 0 bridgehead atoms. The molecule has 0 atom stereocenters. The highest BCUT2D eigenvalue weighted by Crippen LogP contribution is 2.18. The van der Waals surface area contributed by atoms with Crippen LogP contribution in [0.2, 0.25) is 0 Å². The van der Waals surface area contributed by atoms with Crippen molar-refractivity contribution >= 4 is 22.7 Å². The van der Waals surface area contributed by atoms with Gasteiger partial charge in [-0.15, -0.1) is 0 Å². The van der Waals surface area contributed by atoms with E-state index in [1.165, 1.54) is 4.68 Å². The molecule has 26 heavy (non-hydrogen) atoms. The molecule has 2 N–H and O–H groups in total. The summed E-state index contributed by atoms with van der Waals surface area (Å²) in [6, 6.07) is 7.80. The van der Waals surface area contributed by atoms with Gasteiger partial charge in [0.2, 0.25) is 5.82 Å². The van der Waals surface area contributed by atoms with E-state index in [1.807, 2.05) is 31.2 Å². The number of nitrogens with one attached hydrogen (secondary N) is 2. The fourth-order valence-electron chi connectivity index (χ4n) is 3.21. The zero-order chi connectivity index (χ0) is 18.4. The molecule has 4 rings (SSSR count). The monoisotopic (exact) mass is 352 g/mol. The van der Waals surface area contributed by atoms with Crippen LogP contribution >= 0.6 is 0 Å². The highest BCUT2D eigenvalue weighted by atomic mass is 16.2. The molecule has 1 aromatic carbocycles. The zero-order valence-electron chi connectivity index (χ0n) is 14.9. The van der Waals surface area contributed by atoms with Crippen molar-refractivity contribution in [2.75, 3.05) is 13.1 Å². The smallest absolute Gasteiger partial charge is 0.291 e. The summed E-state index contributed by atoms with van der Waals surface area (Å²) in [5.74, 6) is 0.554. The summed E-state index contributed by atoms with van der Waals surface area (Å²) < 4.78 is 1.48. The molecule has 134 valence electrons. The predicted molar refractivity (Wildman–Crippen MR) is 95.9 cm³/mol. The average molecular weight is 352 g/mol. The minimum absolute atomic E-state index is 0.0612. The third kappa shape index (κ3) is 2.83. The fraction of sp³-hybridized carbons (Fsp3) is 0.333. The number of likely N-dealkylation sites (tertiary alicyclic amines) is 1. The van der Waals surface area contributed by atoms with Crippen LogP contribution in [0.15, 0.2) is 24.3 Å². The minimum Gasteiger partial charge on any atom is -0.351 e. The van der Waals surface area contributed by atoms with Gasteiger partial charge in [0, 0.05) is 31.0 Å². The third-order valence-corrected chi connectivity index (χ3v) is 4.59. The van der Waals surface area contributed by atoms with E-state index in [-0.39, 0.29) is 17.9 Å². The number of carbonyl (C=O) groups is 2. The minimum atomic E-state index is -0.167. The molecule has 0 unspecified atom stereocenters. The number of aromatic nitrogens is 4. The second kappa shape index (κ2) is 5.98. The van der Waals surface area contributed by atoms with Crippen LogP contribution in [-0.2, 0) is 7.05 Å². The number of aryl methyl sites for hydroxylation is 3. The number of fused-ring (bicyclic) bond motifs is 1. The quantitative estimate of drug-likeness (QED) is 0.739. The normalized spacial score (nSPS) is 14.5. The van der Waals surface area contributed by atoms with E-state index in [0.29, 0.717) is 30.4 Å². The molecule has 0 radical (unpaired) electrons. The highest BCUT2D eigenvalue weighted by Gasteiger charge is 2.34. The lowest BCUT2D eigenvalue weighted by atomic mass is 10.1. The molecular formula is C18H20N6O2. The van der Waals surface area contributed by atoms with Gasteiger partial charge in [0.25, 0.3) is 11.8 Å². The summed E-state index contributed by atoms with van der Waals surface area (Å²) in [6.45, 7) is 4.70. The van der Waals surface area contributed by atoms with Crippen molar-refractivity contribution in [3.05, 3.63) is 47.2 Å². The summed E-state index contributed by atoms with van der Waals surface area (Å²) in [5.41, 5.74) is 2.61. The topological polar surface area (TPSA) is 95.9 Å². The van der Waals surface area contributed by atoms with E-state index in [2.05, 4.69) is 20.4 Å². The Hall–Kier alpha value is -3.16. The van der Waals surface area contributed by atoms with E-state index >= 15 is 0 Å². The number of aromatic amines is 1. The van der Waals surface area contributed by atoms with Crippen molar-refractivity contribution in [2.45, 2.75) is 19.9 Å². The van der Waals surface area contributed by atoms with Crippen LogP contribution in [0.1, 0.15) is 32.5 Å². The first-order valence-electron chi connectivity index (χ1n) is 8.48. The maximum atomic E-state index is 12.4. The number of amides is 2. The van der Waals surface area contributed by atoms with Crippen LogP contribution in [0.4, 0.5) is 0 Å². The van der Waals surface area contributed by atoms with Gasteiger partial charge in [-0.2, -0.15) is 5.10 Å². The summed E-state index contributed by atoms with van der Waals surface area (Å²) in [5, 5.41) is 8.06. The third-order valence-electron chi connectivity index (χ3n) is 4.59. The predicted octanol–water partition coefficient (Wildman–Crippen LogP) is 1.17. The summed E-state index contributed by atoms with van der Waals surface area (Å²) in [6.07, 6.45) is 0.